The maximum absolute atomic E-state index is 14.0. The van der Waals surface area contributed by atoms with E-state index in [9.17, 15) is 39.5 Å². The lowest BCUT2D eigenvalue weighted by molar-refractivity contribution is -0.148. The number of halogens is 9. The number of fused-ring (bicyclic) bond motifs is 1. The van der Waals surface area contributed by atoms with Crippen molar-refractivity contribution in [1.82, 2.24) is 4.57 Å². The van der Waals surface area contributed by atoms with Crippen LogP contribution in [0.5, 0.6) is 0 Å². The van der Waals surface area contributed by atoms with Crippen molar-refractivity contribution in [3.63, 3.8) is 0 Å². The zero-order valence-corrected chi connectivity index (χ0v) is 18.3. The number of hydrogen-bond acceptors (Lipinski definition) is 1. The molecule has 0 aliphatic rings. The Bertz CT molecular complexity index is 1190. The molecule has 0 saturated carbocycles. The third-order valence-corrected chi connectivity index (χ3v) is 5.21. The van der Waals surface area contributed by atoms with Gasteiger partial charge in [-0.1, -0.05) is 39.0 Å². The van der Waals surface area contributed by atoms with Crippen LogP contribution in [0.15, 0.2) is 42.6 Å². The van der Waals surface area contributed by atoms with E-state index in [1.165, 1.54) is 4.57 Å². The van der Waals surface area contributed by atoms with Crippen molar-refractivity contribution in [2.75, 3.05) is 0 Å². The maximum atomic E-state index is 14.0. The highest BCUT2D eigenvalue weighted by Gasteiger charge is 2.42. The molecular formula is C23H21F9N2. The van der Waals surface area contributed by atoms with Crippen molar-refractivity contribution in [2.45, 2.75) is 51.9 Å². The Balaban J connectivity index is 2.46. The number of benzene rings is 2. The largest absolute Gasteiger partial charge is 0.417 e. The second-order valence-corrected chi connectivity index (χ2v) is 9.25. The van der Waals surface area contributed by atoms with Crippen LogP contribution in [-0.4, -0.2) is 10.7 Å². The van der Waals surface area contributed by atoms with E-state index in [0.717, 1.165) is 30.5 Å². The van der Waals surface area contributed by atoms with Gasteiger partial charge < -0.3 is 10.3 Å². The Kier molecular flexibility index (Phi) is 6.26. The molecule has 0 aliphatic heterocycles. The number of hydrogen-bond donors (Lipinski definition) is 1. The molecule has 0 radical (unpaired) electrons. The smallest absolute Gasteiger partial charge is 0.347 e. The van der Waals surface area contributed by atoms with Gasteiger partial charge in [0.2, 0.25) is 0 Å². The summed E-state index contributed by atoms with van der Waals surface area (Å²) in [4.78, 5) is 0. The molecule has 1 heterocycles. The molecule has 2 N–H and O–H groups in total. The second-order valence-electron chi connectivity index (χ2n) is 9.25. The van der Waals surface area contributed by atoms with Gasteiger partial charge in [-0.15, -0.1) is 0 Å². The minimum atomic E-state index is -5.14. The van der Waals surface area contributed by atoms with E-state index in [1.54, 1.807) is 20.8 Å². The van der Waals surface area contributed by atoms with Crippen LogP contribution in [-0.2, 0) is 18.9 Å². The first-order chi connectivity index (χ1) is 15.3. The fourth-order valence-electron chi connectivity index (χ4n) is 3.85. The van der Waals surface area contributed by atoms with Crippen LogP contribution in [0.3, 0.4) is 0 Å². The van der Waals surface area contributed by atoms with Crippen molar-refractivity contribution in [1.29, 1.82) is 0 Å². The minimum Gasteiger partial charge on any atom is -0.347 e. The Labute approximate surface area is 189 Å². The van der Waals surface area contributed by atoms with Crippen molar-refractivity contribution in [2.24, 2.45) is 11.1 Å². The molecule has 0 aliphatic carbocycles. The van der Waals surface area contributed by atoms with E-state index < -0.39 is 63.2 Å². The third-order valence-electron chi connectivity index (χ3n) is 5.21. The average Bonchev–Trinajstić information content (AvgIpc) is 3.00. The fraction of sp³-hybridized carbons (Fsp3) is 0.391. The summed E-state index contributed by atoms with van der Waals surface area (Å²) in [7, 11) is 0. The van der Waals surface area contributed by atoms with E-state index in [1.807, 2.05) is 0 Å². The molecule has 0 saturated heterocycles. The van der Waals surface area contributed by atoms with Gasteiger partial charge in [-0.25, -0.2) is 0 Å². The molecule has 186 valence electrons. The highest BCUT2D eigenvalue weighted by Crippen LogP contribution is 2.46. The lowest BCUT2D eigenvalue weighted by Gasteiger charge is -2.21. The first kappa shape index (κ1) is 25.9. The number of aromatic nitrogens is 1. The molecule has 3 aromatic rings. The quantitative estimate of drug-likeness (QED) is 0.367. The van der Waals surface area contributed by atoms with Gasteiger partial charge in [-0.05, 0) is 34.7 Å². The van der Waals surface area contributed by atoms with Crippen LogP contribution < -0.4 is 5.73 Å². The van der Waals surface area contributed by atoms with Gasteiger partial charge >= 0.3 is 18.5 Å². The summed E-state index contributed by atoms with van der Waals surface area (Å²) >= 11 is 0. The van der Waals surface area contributed by atoms with E-state index in [2.05, 4.69) is 0 Å². The molecule has 2 nitrogen and oxygen atoms in total. The lowest BCUT2D eigenvalue weighted by Crippen LogP contribution is -2.28. The normalized spacial score (nSPS) is 14.6. The predicted octanol–water partition coefficient (Wildman–Crippen LogP) is 7.95. The van der Waals surface area contributed by atoms with Crippen molar-refractivity contribution < 1.29 is 39.5 Å². The van der Waals surface area contributed by atoms with Gasteiger partial charge in [0, 0.05) is 29.2 Å². The van der Waals surface area contributed by atoms with Crippen LogP contribution in [0.4, 0.5) is 39.5 Å². The number of rotatable bonds is 3. The Hall–Kier alpha value is -2.69. The van der Waals surface area contributed by atoms with E-state index in [4.69, 9.17) is 5.73 Å². The topological polar surface area (TPSA) is 30.9 Å². The average molecular weight is 496 g/mol. The summed E-state index contributed by atoms with van der Waals surface area (Å²) in [6.07, 6.45) is -14.0. The van der Waals surface area contributed by atoms with Gasteiger partial charge in [-0.2, -0.15) is 39.5 Å². The summed E-state index contributed by atoms with van der Waals surface area (Å²) in [6.45, 7) is 5.35. The van der Waals surface area contributed by atoms with Crippen LogP contribution in [0.25, 0.3) is 22.0 Å². The van der Waals surface area contributed by atoms with E-state index in [0.29, 0.717) is 12.1 Å². The van der Waals surface area contributed by atoms with Crippen LogP contribution >= 0.6 is 0 Å². The Morgan fingerprint density at radius 1 is 0.794 bits per heavy atom. The molecule has 1 aromatic heterocycles. The highest BCUT2D eigenvalue weighted by atomic mass is 19.4. The van der Waals surface area contributed by atoms with E-state index in [-0.39, 0.29) is 12.1 Å². The molecule has 11 heteroatoms. The molecular weight excluding hydrogens is 475 g/mol. The lowest BCUT2D eigenvalue weighted by atomic mass is 9.92. The predicted molar refractivity (Wildman–Crippen MR) is 110 cm³/mol. The zero-order chi connectivity index (χ0) is 25.9. The Morgan fingerprint density at radius 3 is 1.85 bits per heavy atom. The number of nitrogens with zero attached hydrogens (tertiary/aromatic N) is 1. The molecule has 0 amide bonds. The molecule has 34 heavy (non-hydrogen) atoms. The minimum absolute atomic E-state index is 0.0791. The molecule has 0 fully saturated rings. The van der Waals surface area contributed by atoms with Crippen LogP contribution in [0, 0.1) is 5.41 Å². The Morgan fingerprint density at radius 2 is 1.35 bits per heavy atom. The van der Waals surface area contributed by atoms with Crippen LogP contribution in [0.2, 0.25) is 0 Å². The van der Waals surface area contributed by atoms with Gasteiger partial charge in [0.1, 0.15) is 6.04 Å². The maximum Gasteiger partial charge on any atom is 0.417 e. The standard InChI is InChI=1S/C23H21F9N2/c1-20(2,3)11-34-10-15(19(33)23(30,31)32)14-8-17(22(27,28)29)13(9-18(14)34)12-6-4-5-7-16(12)21(24,25)26/h4-10,19H,11,33H2,1-3H3/t19-/m0/s1. The van der Waals surface area contributed by atoms with Crippen LogP contribution in [0.1, 0.15) is 43.5 Å². The molecule has 0 unspecified atom stereocenters. The third kappa shape index (κ3) is 5.18. The highest BCUT2D eigenvalue weighted by molar-refractivity contribution is 5.91. The van der Waals surface area contributed by atoms with Gasteiger partial charge in [0.25, 0.3) is 0 Å². The summed E-state index contributed by atoms with van der Waals surface area (Å²) < 4.78 is 124. The van der Waals surface area contributed by atoms with Crippen molar-refractivity contribution in [3.8, 4) is 11.1 Å². The summed E-state index contributed by atoms with van der Waals surface area (Å²) in [6, 6.07) is 2.50. The summed E-state index contributed by atoms with van der Waals surface area (Å²) in [5.74, 6) is 0. The first-order valence-electron chi connectivity index (χ1n) is 10.0. The second kappa shape index (κ2) is 8.21. The zero-order valence-electron chi connectivity index (χ0n) is 18.3. The fourth-order valence-corrected chi connectivity index (χ4v) is 3.85. The molecule has 0 bridgehead atoms. The number of alkyl halides is 9. The molecule has 0 spiro atoms. The molecule has 3 rings (SSSR count). The monoisotopic (exact) mass is 496 g/mol. The van der Waals surface area contributed by atoms with Gasteiger partial charge in [0.15, 0.2) is 0 Å². The summed E-state index contributed by atoms with van der Waals surface area (Å²) in [5.41, 5.74) is -0.136. The SMILES string of the molecule is CC(C)(C)Cn1cc([C@H](N)C(F)(F)F)c2cc(C(F)(F)F)c(-c3ccccc3C(F)(F)F)cc21. The van der Waals surface area contributed by atoms with Crippen molar-refractivity contribution >= 4 is 10.9 Å². The first-order valence-corrected chi connectivity index (χ1v) is 10.0. The van der Waals surface area contributed by atoms with Gasteiger partial charge in [0.05, 0.1) is 11.1 Å². The van der Waals surface area contributed by atoms with Crippen molar-refractivity contribution in [3.05, 3.63) is 59.3 Å². The van der Waals surface area contributed by atoms with Gasteiger partial charge in [-0.3, -0.25) is 0 Å². The molecule has 1 atom stereocenters. The molecule has 2 aromatic carbocycles. The summed E-state index contributed by atoms with van der Waals surface area (Å²) in [5, 5.41) is -0.422. The van der Waals surface area contributed by atoms with E-state index >= 15 is 0 Å². The number of nitrogens with two attached hydrogens (primary N) is 1.